The predicted molar refractivity (Wildman–Crippen MR) is 61.0 cm³/mol. The highest BCUT2D eigenvalue weighted by atomic mass is 16.5. The van der Waals surface area contributed by atoms with Crippen LogP contribution < -0.4 is 10.5 Å². The van der Waals surface area contributed by atoms with Crippen molar-refractivity contribution in [3.63, 3.8) is 0 Å². The topological polar surface area (TPSA) is 55.5 Å². The summed E-state index contributed by atoms with van der Waals surface area (Å²) in [7, 11) is 0. The first-order valence-corrected chi connectivity index (χ1v) is 5.39. The third-order valence-electron chi connectivity index (χ3n) is 2.20. The Morgan fingerprint density at radius 2 is 1.87 bits per heavy atom. The van der Waals surface area contributed by atoms with Crippen molar-refractivity contribution in [1.29, 1.82) is 0 Å². The van der Waals surface area contributed by atoms with Gasteiger partial charge in [0.15, 0.2) is 0 Å². The molecule has 0 saturated heterocycles. The Morgan fingerprint density at radius 3 is 2.47 bits per heavy atom. The van der Waals surface area contributed by atoms with Crippen molar-refractivity contribution >= 4 is 0 Å². The van der Waals surface area contributed by atoms with Crippen LogP contribution in [0.4, 0.5) is 0 Å². The first-order chi connectivity index (χ1) is 7.36. The minimum atomic E-state index is 0.0538. The summed E-state index contributed by atoms with van der Waals surface area (Å²) in [5.74, 6) is 0.812. The lowest BCUT2D eigenvalue weighted by molar-refractivity contribution is 0.201. The van der Waals surface area contributed by atoms with E-state index in [9.17, 15) is 0 Å². The Balaban J connectivity index is 2.35. The van der Waals surface area contributed by atoms with Crippen LogP contribution in [0.15, 0.2) is 24.3 Å². The molecule has 0 amide bonds. The average Bonchev–Trinajstić information content (AvgIpc) is 2.28. The average molecular weight is 209 g/mol. The summed E-state index contributed by atoms with van der Waals surface area (Å²) in [5, 5.41) is 8.59. The molecule has 1 aromatic rings. The molecule has 3 N–H and O–H groups in total. The van der Waals surface area contributed by atoms with Crippen LogP contribution in [0.2, 0.25) is 0 Å². The molecule has 84 valence electrons. The molecular formula is C12H19NO2. The van der Waals surface area contributed by atoms with Crippen molar-refractivity contribution in [1.82, 2.24) is 0 Å². The van der Waals surface area contributed by atoms with Crippen molar-refractivity contribution in [2.45, 2.75) is 19.3 Å². The van der Waals surface area contributed by atoms with Crippen molar-refractivity contribution < 1.29 is 9.84 Å². The number of aliphatic hydroxyl groups is 1. The second-order valence-corrected chi connectivity index (χ2v) is 3.46. The van der Waals surface area contributed by atoms with Gasteiger partial charge in [0.05, 0.1) is 6.61 Å². The zero-order chi connectivity index (χ0) is 10.9. The molecule has 0 aliphatic carbocycles. The number of benzene rings is 1. The number of hydrogen-bond acceptors (Lipinski definition) is 3. The molecule has 0 saturated carbocycles. The van der Waals surface area contributed by atoms with E-state index in [2.05, 4.69) is 12.1 Å². The summed E-state index contributed by atoms with van der Waals surface area (Å²) in [6, 6.07) is 7.99. The molecular weight excluding hydrogens is 190 g/mol. The van der Waals surface area contributed by atoms with Gasteiger partial charge in [0.2, 0.25) is 0 Å². The van der Waals surface area contributed by atoms with E-state index in [4.69, 9.17) is 15.6 Å². The fraction of sp³-hybridized carbons (Fsp3) is 0.500. The maximum Gasteiger partial charge on any atom is 0.119 e. The van der Waals surface area contributed by atoms with E-state index in [0.29, 0.717) is 6.61 Å². The molecule has 15 heavy (non-hydrogen) atoms. The smallest absolute Gasteiger partial charge is 0.119 e. The maximum atomic E-state index is 8.59. The van der Waals surface area contributed by atoms with E-state index in [1.807, 2.05) is 12.1 Å². The van der Waals surface area contributed by atoms with Gasteiger partial charge in [-0.3, -0.25) is 0 Å². The quantitative estimate of drug-likeness (QED) is 0.666. The van der Waals surface area contributed by atoms with Crippen LogP contribution in [0.5, 0.6) is 5.75 Å². The van der Waals surface area contributed by atoms with Crippen molar-refractivity contribution in [2.75, 3.05) is 19.8 Å². The molecule has 0 fully saturated rings. The second kappa shape index (κ2) is 7.26. The first-order valence-electron chi connectivity index (χ1n) is 5.39. The van der Waals surface area contributed by atoms with Gasteiger partial charge in [0.1, 0.15) is 12.4 Å². The highest BCUT2D eigenvalue weighted by molar-refractivity contribution is 5.27. The van der Waals surface area contributed by atoms with Gasteiger partial charge in [0.25, 0.3) is 0 Å². The highest BCUT2D eigenvalue weighted by Gasteiger charge is 1.95. The Kier molecular flexibility index (Phi) is 5.81. The standard InChI is InChI=1S/C12H19NO2/c13-8-2-1-3-11-4-6-12(7-5-11)15-10-9-14/h4-7,14H,1-3,8-10,13H2. The van der Waals surface area contributed by atoms with Gasteiger partial charge >= 0.3 is 0 Å². The lowest BCUT2D eigenvalue weighted by Crippen LogP contribution is -2.01. The molecule has 0 atom stereocenters. The summed E-state index contributed by atoms with van der Waals surface area (Å²) >= 11 is 0. The monoisotopic (exact) mass is 209 g/mol. The largest absolute Gasteiger partial charge is 0.491 e. The van der Waals surface area contributed by atoms with Gasteiger partial charge in [-0.25, -0.2) is 0 Å². The number of nitrogens with two attached hydrogens (primary N) is 1. The van der Waals surface area contributed by atoms with Crippen molar-refractivity contribution in [2.24, 2.45) is 5.73 Å². The van der Waals surface area contributed by atoms with Gasteiger partial charge in [-0.2, -0.15) is 0 Å². The second-order valence-electron chi connectivity index (χ2n) is 3.46. The van der Waals surface area contributed by atoms with Crippen molar-refractivity contribution in [3.05, 3.63) is 29.8 Å². The Morgan fingerprint density at radius 1 is 1.13 bits per heavy atom. The van der Waals surface area contributed by atoms with Gasteiger partial charge < -0.3 is 15.6 Å². The Bertz CT molecular complexity index is 259. The summed E-state index contributed by atoms with van der Waals surface area (Å²) in [4.78, 5) is 0. The summed E-state index contributed by atoms with van der Waals surface area (Å²) < 4.78 is 5.27. The van der Waals surface area contributed by atoms with E-state index >= 15 is 0 Å². The van der Waals surface area contributed by atoms with Gasteiger partial charge in [0, 0.05) is 0 Å². The van der Waals surface area contributed by atoms with Crippen molar-refractivity contribution in [3.8, 4) is 5.75 Å². The number of aliphatic hydroxyl groups excluding tert-OH is 1. The van der Waals surface area contributed by atoms with E-state index in [1.54, 1.807) is 0 Å². The van der Waals surface area contributed by atoms with Crippen LogP contribution in [0, 0.1) is 0 Å². The Hall–Kier alpha value is -1.06. The lowest BCUT2D eigenvalue weighted by Gasteiger charge is -2.05. The third kappa shape index (κ3) is 4.81. The molecule has 0 heterocycles. The molecule has 0 aromatic heterocycles. The van der Waals surface area contributed by atoms with Crippen LogP contribution in [-0.4, -0.2) is 24.9 Å². The van der Waals surface area contributed by atoms with Gasteiger partial charge in [-0.15, -0.1) is 0 Å². The fourth-order valence-corrected chi connectivity index (χ4v) is 1.39. The van der Waals surface area contributed by atoms with Crippen LogP contribution in [-0.2, 0) is 6.42 Å². The first kappa shape index (κ1) is 12.0. The third-order valence-corrected chi connectivity index (χ3v) is 2.20. The number of aryl methyl sites for hydroxylation is 1. The highest BCUT2D eigenvalue weighted by Crippen LogP contribution is 2.13. The SMILES string of the molecule is NCCCCc1ccc(OCCO)cc1. The van der Waals surface area contributed by atoms with E-state index < -0.39 is 0 Å². The fourth-order valence-electron chi connectivity index (χ4n) is 1.39. The summed E-state index contributed by atoms with van der Waals surface area (Å²) in [6.45, 7) is 1.17. The summed E-state index contributed by atoms with van der Waals surface area (Å²) in [5.41, 5.74) is 6.73. The number of hydrogen-bond donors (Lipinski definition) is 2. The van der Waals surface area contributed by atoms with Gasteiger partial charge in [-0.05, 0) is 43.5 Å². The lowest BCUT2D eigenvalue weighted by atomic mass is 10.1. The molecule has 3 nitrogen and oxygen atoms in total. The van der Waals surface area contributed by atoms with E-state index in [0.717, 1.165) is 31.6 Å². The predicted octanol–water partition coefficient (Wildman–Crippen LogP) is 1.34. The molecule has 0 spiro atoms. The van der Waals surface area contributed by atoms with Crippen LogP contribution in [0.3, 0.4) is 0 Å². The molecule has 3 heteroatoms. The minimum absolute atomic E-state index is 0.0538. The molecule has 0 bridgehead atoms. The molecule has 0 radical (unpaired) electrons. The maximum absolute atomic E-state index is 8.59. The number of ether oxygens (including phenoxy) is 1. The zero-order valence-electron chi connectivity index (χ0n) is 8.98. The van der Waals surface area contributed by atoms with E-state index in [1.165, 1.54) is 5.56 Å². The van der Waals surface area contributed by atoms with Gasteiger partial charge in [-0.1, -0.05) is 12.1 Å². The molecule has 0 unspecified atom stereocenters. The molecule has 0 aliphatic heterocycles. The molecule has 0 aliphatic rings. The number of rotatable bonds is 7. The minimum Gasteiger partial charge on any atom is -0.491 e. The molecule has 1 rings (SSSR count). The molecule has 1 aromatic carbocycles. The Labute approximate surface area is 90.9 Å². The summed E-state index contributed by atoms with van der Waals surface area (Å²) in [6.07, 6.45) is 3.27. The van der Waals surface area contributed by atoms with Crippen LogP contribution >= 0.6 is 0 Å². The zero-order valence-corrected chi connectivity index (χ0v) is 8.98. The van der Waals surface area contributed by atoms with E-state index in [-0.39, 0.29) is 6.61 Å². The van der Waals surface area contributed by atoms with Crippen LogP contribution in [0.1, 0.15) is 18.4 Å². The number of unbranched alkanes of at least 4 members (excludes halogenated alkanes) is 1. The van der Waals surface area contributed by atoms with Crippen LogP contribution in [0.25, 0.3) is 0 Å². The normalized spacial score (nSPS) is 10.3.